The van der Waals surface area contributed by atoms with Crippen molar-refractivity contribution in [1.82, 2.24) is 5.32 Å². The summed E-state index contributed by atoms with van der Waals surface area (Å²) in [4.78, 5) is 12.2. The fourth-order valence-corrected chi connectivity index (χ4v) is 3.44. The highest BCUT2D eigenvalue weighted by Crippen LogP contribution is 2.44. The maximum Gasteiger partial charge on any atom is 0.251 e. The molecule has 2 saturated carbocycles. The molecule has 0 radical (unpaired) electrons. The molecule has 1 amide bonds. The smallest absolute Gasteiger partial charge is 0.251 e. The molecule has 0 aromatic heterocycles. The molecule has 3 atom stereocenters. The van der Waals surface area contributed by atoms with E-state index in [1.807, 2.05) is 18.2 Å². The van der Waals surface area contributed by atoms with Crippen LogP contribution in [0.2, 0.25) is 0 Å². The maximum absolute atomic E-state index is 12.2. The Bertz CT molecular complexity index is 458. The molecule has 1 N–H and O–H groups in total. The van der Waals surface area contributed by atoms with Crippen molar-refractivity contribution in [2.75, 3.05) is 7.11 Å². The highest BCUT2D eigenvalue weighted by molar-refractivity contribution is 5.94. The van der Waals surface area contributed by atoms with Crippen LogP contribution in [-0.4, -0.2) is 19.1 Å². The molecule has 96 valence electrons. The lowest BCUT2D eigenvalue weighted by molar-refractivity contribution is 0.0922. The second-order valence-corrected chi connectivity index (χ2v) is 5.49. The van der Waals surface area contributed by atoms with Gasteiger partial charge in [0, 0.05) is 11.6 Å². The van der Waals surface area contributed by atoms with Crippen molar-refractivity contribution >= 4 is 5.91 Å². The predicted molar refractivity (Wildman–Crippen MR) is 69.7 cm³/mol. The molecule has 3 heteroatoms. The van der Waals surface area contributed by atoms with Crippen LogP contribution in [0.4, 0.5) is 0 Å². The largest absolute Gasteiger partial charge is 0.497 e. The summed E-state index contributed by atoms with van der Waals surface area (Å²) < 4.78 is 5.14. The van der Waals surface area contributed by atoms with E-state index in [-0.39, 0.29) is 5.91 Å². The van der Waals surface area contributed by atoms with Gasteiger partial charge in [0.05, 0.1) is 7.11 Å². The van der Waals surface area contributed by atoms with Gasteiger partial charge in [-0.15, -0.1) is 0 Å². The molecule has 0 spiro atoms. The molecule has 0 saturated heterocycles. The third-order valence-corrected chi connectivity index (χ3v) is 4.39. The van der Waals surface area contributed by atoms with Crippen molar-refractivity contribution in [1.29, 1.82) is 0 Å². The number of nitrogens with one attached hydrogen (secondary N) is 1. The SMILES string of the molecule is COc1cccc(C(=O)N[C@H]2C[C@@H]3CC[C@@H]2C3)c1. The summed E-state index contributed by atoms with van der Waals surface area (Å²) in [6, 6.07) is 7.73. The van der Waals surface area contributed by atoms with E-state index in [1.54, 1.807) is 13.2 Å². The molecule has 1 aromatic rings. The molecule has 2 aliphatic carbocycles. The van der Waals surface area contributed by atoms with Crippen LogP contribution >= 0.6 is 0 Å². The minimum atomic E-state index is 0.0338. The number of ether oxygens (including phenoxy) is 1. The summed E-state index contributed by atoms with van der Waals surface area (Å²) >= 11 is 0. The van der Waals surface area contributed by atoms with Crippen molar-refractivity contribution in [3.05, 3.63) is 29.8 Å². The summed E-state index contributed by atoms with van der Waals surface area (Å²) in [6.45, 7) is 0. The van der Waals surface area contributed by atoms with Crippen LogP contribution in [0, 0.1) is 11.8 Å². The highest BCUT2D eigenvalue weighted by atomic mass is 16.5. The van der Waals surface area contributed by atoms with Crippen LogP contribution in [-0.2, 0) is 0 Å². The Morgan fingerprint density at radius 1 is 1.33 bits per heavy atom. The van der Waals surface area contributed by atoms with E-state index in [4.69, 9.17) is 4.74 Å². The molecule has 3 nitrogen and oxygen atoms in total. The summed E-state index contributed by atoms with van der Waals surface area (Å²) in [6.07, 6.45) is 5.12. The Kier molecular flexibility index (Phi) is 2.98. The van der Waals surface area contributed by atoms with E-state index in [2.05, 4.69) is 5.32 Å². The monoisotopic (exact) mass is 245 g/mol. The second kappa shape index (κ2) is 4.63. The van der Waals surface area contributed by atoms with Crippen LogP contribution < -0.4 is 10.1 Å². The standard InChI is InChI=1S/C15H19NO2/c1-18-13-4-2-3-12(9-13)15(17)16-14-8-10-5-6-11(14)7-10/h2-4,9-11,14H,5-8H2,1H3,(H,16,17)/t10-,11-,14+/m1/s1. The van der Waals surface area contributed by atoms with Gasteiger partial charge in [0.25, 0.3) is 5.91 Å². The average molecular weight is 245 g/mol. The number of benzene rings is 1. The van der Waals surface area contributed by atoms with Gasteiger partial charge in [-0.1, -0.05) is 12.5 Å². The van der Waals surface area contributed by atoms with Gasteiger partial charge in [-0.25, -0.2) is 0 Å². The van der Waals surface area contributed by atoms with Gasteiger partial charge >= 0.3 is 0 Å². The molecule has 18 heavy (non-hydrogen) atoms. The lowest BCUT2D eigenvalue weighted by atomic mass is 9.95. The lowest BCUT2D eigenvalue weighted by Crippen LogP contribution is -2.38. The first-order chi connectivity index (χ1) is 8.76. The van der Waals surface area contributed by atoms with E-state index in [0.29, 0.717) is 17.5 Å². The minimum absolute atomic E-state index is 0.0338. The third kappa shape index (κ3) is 2.09. The quantitative estimate of drug-likeness (QED) is 0.889. The fraction of sp³-hybridized carbons (Fsp3) is 0.533. The zero-order chi connectivity index (χ0) is 12.5. The van der Waals surface area contributed by atoms with Crippen molar-refractivity contribution in [2.45, 2.75) is 31.7 Å². The van der Waals surface area contributed by atoms with Gasteiger partial charge in [0.1, 0.15) is 5.75 Å². The number of carbonyl (C=O) groups is 1. The Morgan fingerprint density at radius 3 is 2.89 bits per heavy atom. The van der Waals surface area contributed by atoms with Crippen LogP contribution in [0.5, 0.6) is 5.75 Å². The number of amides is 1. The first-order valence-corrected chi connectivity index (χ1v) is 6.71. The van der Waals surface area contributed by atoms with Crippen molar-refractivity contribution in [3.63, 3.8) is 0 Å². The van der Waals surface area contributed by atoms with Gasteiger partial charge in [-0.2, -0.15) is 0 Å². The molecule has 0 heterocycles. The first-order valence-electron chi connectivity index (χ1n) is 6.71. The van der Waals surface area contributed by atoms with Crippen molar-refractivity contribution in [3.8, 4) is 5.75 Å². The molecule has 3 rings (SSSR count). The number of hydrogen-bond donors (Lipinski definition) is 1. The van der Waals surface area contributed by atoms with E-state index in [1.165, 1.54) is 25.7 Å². The number of fused-ring (bicyclic) bond motifs is 2. The molecule has 0 aliphatic heterocycles. The first kappa shape index (κ1) is 11.6. The summed E-state index contributed by atoms with van der Waals surface area (Å²) in [5, 5.41) is 3.18. The summed E-state index contributed by atoms with van der Waals surface area (Å²) in [5.41, 5.74) is 0.692. The molecular weight excluding hydrogens is 226 g/mol. The maximum atomic E-state index is 12.2. The summed E-state index contributed by atoms with van der Waals surface area (Å²) in [7, 11) is 1.62. The van der Waals surface area contributed by atoms with E-state index >= 15 is 0 Å². The molecule has 2 bridgehead atoms. The number of rotatable bonds is 3. The third-order valence-electron chi connectivity index (χ3n) is 4.39. The van der Waals surface area contributed by atoms with Gasteiger partial charge in [0.15, 0.2) is 0 Å². The van der Waals surface area contributed by atoms with Crippen molar-refractivity contribution < 1.29 is 9.53 Å². The summed E-state index contributed by atoms with van der Waals surface area (Å²) in [5.74, 6) is 2.33. The second-order valence-electron chi connectivity index (χ2n) is 5.49. The molecule has 2 aliphatic rings. The highest BCUT2D eigenvalue weighted by Gasteiger charge is 2.40. The van der Waals surface area contributed by atoms with E-state index in [9.17, 15) is 4.79 Å². The van der Waals surface area contributed by atoms with Crippen LogP contribution in [0.25, 0.3) is 0 Å². The fourth-order valence-electron chi connectivity index (χ4n) is 3.44. The lowest BCUT2D eigenvalue weighted by Gasteiger charge is -2.22. The van der Waals surface area contributed by atoms with Crippen molar-refractivity contribution in [2.24, 2.45) is 11.8 Å². The molecule has 2 fully saturated rings. The average Bonchev–Trinajstić information content (AvgIpc) is 3.01. The molecular formula is C15H19NO2. The Hall–Kier alpha value is -1.51. The molecule has 1 aromatic carbocycles. The predicted octanol–water partition coefficient (Wildman–Crippen LogP) is 2.61. The number of hydrogen-bond acceptors (Lipinski definition) is 2. The minimum Gasteiger partial charge on any atom is -0.497 e. The van der Waals surface area contributed by atoms with Crippen LogP contribution in [0.15, 0.2) is 24.3 Å². The molecule has 0 unspecified atom stereocenters. The van der Waals surface area contributed by atoms with Crippen LogP contribution in [0.1, 0.15) is 36.0 Å². The van der Waals surface area contributed by atoms with Gasteiger partial charge in [-0.05, 0) is 49.3 Å². The van der Waals surface area contributed by atoms with Gasteiger partial charge < -0.3 is 10.1 Å². The van der Waals surface area contributed by atoms with E-state index in [0.717, 1.165) is 11.7 Å². The number of carbonyl (C=O) groups excluding carboxylic acids is 1. The van der Waals surface area contributed by atoms with Gasteiger partial charge in [-0.3, -0.25) is 4.79 Å². The number of methoxy groups -OCH3 is 1. The van der Waals surface area contributed by atoms with E-state index < -0.39 is 0 Å². The normalized spacial score (nSPS) is 29.3. The zero-order valence-corrected chi connectivity index (χ0v) is 10.7. The van der Waals surface area contributed by atoms with Gasteiger partial charge in [0.2, 0.25) is 0 Å². The Morgan fingerprint density at radius 2 is 2.22 bits per heavy atom. The Balaban J connectivity index is 1.67. The Labute approximate surface area is 108 Å². The zero-order valence-electron chi connectivity index (χ0n) is 10.7. The van der Waals surface area contributed by atoms with Crippen LogP contribution in [0.3, 0.4) is 0 Å². The topological polar surface area (TPSA) is 38.3 Å².